The normalized spacial score (nSPS) is 32.4. The first-order valence-electron chi connectivity index (χ1n) is 10.3. The second kappa shape index (κ2) is 7.78. The lowest BCUT2D eigenvalue weighted by molar-refractivity contribution is -0.127. The maximum absolute atomic E-state index is 12.5. The van der Waals surface area contributed by atoms with Crippen LogP contribution in [-0.2, 0) is 9.59 Å². The van der Waals surface area contributed by atoms with Gasteiger partial charge in [0.05, 0.1) is 12.6 Å². The molecule has 27 heavy (non-hydrogen) atoms. The Bertz CT molecular complexity index is 569. The molecule has 7 nitrogen and oxygen atoms in total. The van der Waals surface area contributed by atoms with Gasteiger partial charge in [-0.3, -0.25) is 19.8 Å². The predicted molar refractivity (Wildman–Crippen MR) is 103 cm³/mol. The van der Waals surface area contributed by atoms with Crippen LogP contribution in [0.2, 0.25) is 0 Å². The molecule has 0 aromatic heterocycles. The molecule has 0 saturated heterocycles. The molecule has 1 atom stereocenters. The van der Waals surface area contributed by atoms with E-state index >= 15 is 0 Å². The fourth-order valence-electron chi connectivity index (χ4n) is 5.68. The number of nitrogens with zero attached hydrogens (tertiary/aromatic N) is 1. The van der Waals surface area contributed by atoms with Crippen LogP contribution in [0.1, 0.15) is 59.3 Å². The highest BCUT2D eigenvalue weighted by atomic mass is 16.2. The van der Waals surface area contributed by atoms with E-state index in [9.17, 15) is 14.4 Å². The Labute approximate surface area is 162 Å². The zero-order valence-corrected chi connectivity index (χ0v) is 17.0. The van der Waals surface area contributed by atoms with Crippen LogP contribution in [0.15, 0.2) is 0 Å². The second-order valence-corrected chi connectivity index (χ2v) is 9.45. The van der Waals surface area contributed by atoms with Gasteiger partial charge in [0.25, 0.3) is 0 Å². The molecule has 0 radical (unpaired) electrons. The molecule has 0 aromatic rings. The van der Waals surface area contributed by atoms with Crippen molar-refractivity contribution in [1.82, 2.24) is 20.9 Å². The highest BCUT2D eigenvalue weighted by Crippen LogP contribution is 2.55. The van der Waals surface area contributed by atoms with Crippen molar-refractivity contribution in [3.8, 4) is 0 Å². The Morgan fingerprint density at radius 3 is 2.00 bits per heavy atom. The van der Waals surface area contributed by atoms with Crippen molar-refractivity contribution in [2.75, 3.05) is 13.6 Å². The third kappa shape index (κ3) is 4.81. The predicted octanol–water partition coefficient (Wildman–Crippen LogP) is 1.63. The minimum absolute atomic E-state index is 0.0566. The van der Waals surface area contributed by atoms with Gasteiger partial charge >= 0.3 is 6.03 Å². The lowest BCUT2D eigenvalue weighted by Crippen LogP contribution is -2.62. The topological polar surface area (TPSA) is 90.5 Å². The molecule has 4 saturated carbocycles. The molecule has 0 heterocycles. The summed E-state index contributed by atoms with van der Waals surface area (Å²) in [6, 6.07) is -0.903. The first-order chi connectivity index (χ1) is 12.7. The first kappa shape index (κ1) is 20.1. The lowest BCUT2D eigenvalue weighted by Gasteiger charge is -2.56. The Balaban J connectivity index is 1.49. The number of hydrogen-bond donors (Lipinski definition) is 3. The van der Waals surface area contributed by atoms with Crippen LogP contribution in [0, 0.1) is 17.8 Å². The Morgan fingerprint density at radius 2 is 1.52 bits per heavy atom. The van der Waals surface area contributed by atoms with Crippen LogP contribution in [0.3, 0.4) is 0 Å². The number of likely N-dealkylation sites (N-methyl/N-ethyl adjacent to an activating group) is 1. The quantitative estimate of drug-likeness (QED) is 0.655. The molecule has 0 spiro atoms. The van der Waals surface area contributed by atoms with E-state index in [1.807, 2.05) is 13.8 Å². The number of imide groups is 1. The maximum Gasteiger partial charge on any atom is 0.321 e. The zero-order chi connectivity index (χ0) is 19.8. The summed E-state index contributed by atoms with van der Waals surface area (Å²) in [6.45, 7) is 5.60. The molecule has 3 N–H and O–H groups in total. The monoisotopic (exact) mass is 378 g/mol. The molecule has 7 heteroatoms. The largest absolute Gasteiger partial charge is 0.353 e. The van der Waals surface area contributed by atoms with Crippen molar-refractivity contribution in [2.24, 2.45) is 17.8 Å². The van der Waals surface area contributed by atoms with E-state index in [-0.39, 0.29) is 29.9 Å². The van der Waals surface area contributed by atoms with E-state index in [0.29, 0.717) is 0 Å². The summed E-state index contributed by atoms with van der Waals surface area (Å²) in [6.07, 6.45) is 7.06. The Kier molecular flexibility index (Phi) is 5.79. The summed E-state index contributed by atoms with van der Waals surface area (Å²) in [5.74, 6) is 1.69. The number of amides is 4. The number of nitrogens with one attached hydrogen (secondary N) is 3. The molecular weight excluding hydrogens is 344 g/mol. The first-order valence-corrected chi connectivity index (χ1v) is 10.3. The number of carbonyl (C=O) groups excluding carboxylic acids is 3. The Hall–Kier alpha value is -1.63. The second-order valence-electron chi connectivity index (χ2n) is 9.45. The SMILES string of the molecule is CC(C)NC(=O)CN(C)C(C)C(=O)NC(=O)NC12CC3CC(CC(C3)C1)C2. The minimum Gasteiger partial charge on any atom is -0.353 e. The fraction of sp³-hybridized carbons (Fsp3) is 0.850. The smallest absolute Gasteiger partial charge is 0.321 e. The van der Waals surface area contributed by atoms with Gasteiger partial charge in [-0.2, -0.15) is 0 Å². The summed E-state index contributed by atoms with van der Waals surface area (Å²) >= 11 is 0. The van der Waals surface area contributed by atoms with E-state index in [2.05, 4.69) is 16.0 Å². The van der Waals surface area contributed by atoms with E-state index in [1.165, 1.54) is 19.3 Å². The van der Waals surface area contributed by atoms with E-state index in [0.717, 1.165) is 37.0 Å². The van der Waals surface area contributed by atoms with E-state index < -0.39 is 12.1 Å². The van der Waals surface area contributed by atoms with Gasteiger partial charge in [-0.25, -0.2) is 4.79 Å². The third-order valence-electron chi connectivity index (χ3n) is 6.54. The van der Waals surface area contributed by atoms with Crippen molar-refractivity contribution < 1.29 is 14.4 Å². The standard InChI is InChI=1S/C20H34N4O3/c1-12(2)21-17(25)11-24(4)13(3)18(26)22-19(27)23-20-8-14-5-15(9-20)7-16(6-14)10-20/h12-16H,5-11H2,1-4H3,(H,21,25)(H2,22,23,26,27). The highest BCUT2D eigenvalue weighted by Gasteiger charge is 2.51. The minimum atomic E-state index is -0.565. The summed E-state index contributed by atoms with van der Waals surface area (Å²) in [4.78, 5) is 38.4. The fourth-order valence-corrected chi connectivity index (χ4v) is 5.68. The molecule has 4 amide bonds. The molecular formula is C20H34N4O3. The van der Waals surface area contributed by atoms with Crippen LogP contribution in [0.4, 0.5) is 4.79 Å². The van der Waals surface area contributed by atoms with Gasteiger partial charge in [0.15, 0.2) is 0 Å². The molecule has 0 aliphatic heterocycles. The summed E-state index contributed by atoms with van der Waals surface area (Å²) in [7, 11) is 1.71. The van der Waals surface area contributed by atoms with Crippen molar-refractivity contribution in [2.45, 2.75) is 76.9 Å². The van der Waals surface area contributed by atoms with E-state index in [1.54, 1.807) is 18.9 Å². The average molecular weight is 379 g/mol. The molecule has 152 valence electrons. The average Bonchev–Trinajstić information content (AvgIpc) is 2.50. The summed E-state index contributed by atoms with van der Waals surface area (Å²) in [5.41, 5.74) is -0.120. The molecule has 4 fully saturated rings. The van der Waals surface area contributed by atoms with Crippen LogP contribution in [-0.4, -0.2) is 54.0 Å². The lowest BCUT2D eigenvalue weighted by atomic mass is 9.53. The number of rotatable bonds is 6. The number of hydrogen-bond acceptors (Lipinski definition) is 4. The van der Waals surface area contributed by atoms with Crippen molar-refractivity contribution in [1.29, 1.82) is 0 Å². The van der Waals surface area contributed by atoms with Gasteiger partial charge in [-0.05, 0) is 84.1 Å². The van der Waals surface area contributed by atoms with E-state index in [4.69, 9.17) is 0 Å². The van der Waals surface area contributed by atoms with Gasteiger partial charge in [0, 0.05) is 11.6 Å². The van der Waals surface area contributed by atoms with Gasteiger partial charge in [-0.15, -0.1) is 0 Å². The molecule has 1 unspecified atom stereocenters. The van der Waals surface area contributed by atoms with Crippen molar-refractivity contribution >= 4 is 17.8 Å². The van der Waals surface area contributed by atoms with Crippen molar-refractivity contribution in [3.05, 3.63) is 0 Å². The summed E-state index contributed by atoms with van der Waals surface area (Å²) in [5, 5.41) is 8.44. The third-order valence-corrected chi connectivity index (χ3v) is 6.54. The summed E-state index contributed by atoms with van der Waals surface area (Å²) < 4.78 is 0. The molecule has 4 bridgehead atoms. The molecule has 4 aliphatic carbocycles. The Morgan fingerprint density at radius 1 is 1.00 bits per heavy atom. The number of carbonyl (C=O) groups is 3. The number of urea groups is 1. The molecule has 0 aromatic carbocycles. The maximum atomic E-state index is 12.5. The van der Waals surface area contributed by atoms with Gasteiger partial charge in [-0.1, -0.05) is 0 Å². The van der Waals surface area contributed by atoms with Gasteiger partial charge in [0.2, 0.25) is 11.8 Å². The zero-order valence-electron chi connectivity index (χ0n) is 17.0. The van der Waals surface area contributed by atoms with Crippen LogP contribution in [0.25, 0.3) is 0 Å². The van der Waals surface area contributed by atoms with Crippen LogP contribution in [0.5, 0.6) is 0 Å². The van der Waals surface area contributed by atoms with Gasteiger partial charge in [0.1, 0.15) is 0 Å². The van der Waals surface area contributed by atoms with Crippen LogP contribution < -0.4 is 16.0 Å². The van der Waals surface area contributed by atoms with Crippen LogP contribution >= 0.6 is 0 Å². The molecule has 4 aliphatic rings. The highest BCUT2D eigenvalue weighted by molar-refractivity contribution is 5.97. The molecule has 4 rings (SSSR count). The van der Waals surface area contributed by atoms with Gasteiger partial charge < -0.3 is 10.6 Å². The van der Waals surface area contributed by atoms with Crippen molar-refractivity contribution in [3.63, 3.8) is 0 Å².